The third-order valence-corrected chi connectivity index (χ3v) is 2.25. The van der Waals surface area contributed by atoms with Crippen molar-refractivity contribution in [2.45, 2.75) is 20.3 Å². The number of allylic oxidation sites excluding steroid dienone is 1. The molecule has 1 N–H and O–H groups in total. The summed E-state index contributed by atoms with van der Waals surface area (Å²) < 4.78 is 0. The van der Waals surface area contributed by atoms with Crippen molar-refractivity contribution in [2.24, 2.45) is 15.9 Å². The van der Waals surface area contributed by atoms with Crippen molar-refractivity contribution in [3.63, 3.8) is 0 Å². The van der Waals surface area contributed by atoms with Crippen LogP contribution in [0.3, 0.4) is 0 Å². The van der Waals surface area contributed by atoms with Gasteiger partial charge >= 0.3 is 0 Å². The molecule has 0 aromatic rings. The van der Waals surface area contributed by atoms with Crippen molar-refractivity contribution >= 4 is 11.7 Å². The van der Waals surface area contributed by atoms with Crippen LogP contribution in [0.2, 0.25) is 0 Å². The first kappa shape index (κ1) is 8.27. The van der Waals surface area contributed by atoms with Crippen molar-refractivity contribution in [2.75, 3.05) is 6.54 Å². The largest absolute Gasteiger partial charge is 0.369 e. The van der Waals surface area contributed by atoms with Gasteiger partial charge in [0.05, 0.1) is 11.9 Å². The summed E-state index contributed by atoms with van der Waals surface area (Å²) >= 11 is 0. The molecule has 1 fully saturated rings. The maximum Gasteiger partial charge on any atom is 0.131 e. The van der Waals surface area contributed by atoms with Crippen LogP contribution in [0.1, 0.15) is 20.3 Å². The van der Waals surface area contributed by atoms with Gasteiger partial charge < -0.3 is 5.32 Å². The minimum absolute atomic E-state index is 0.444. The van der Waals surface area contributed by atoms with Crippen LogP contribution >= 0.6 is 0 Å². The second-order valence-electron chi connectivity index (χ2n) is 3.54. The molecule has 0 bridgehead atoms. The quantitative estimate of drug-likeness (QED) is 0.644. The predicted molar refractivity (Wildman–Crippen MR) is 53.9 cm³/mol. The van der Waals surface area contributed by atoms with Gasteiger partial charge in [0.15, 0.2) is 0 Å². The van der Waals surface area contributed by atoms with Crippen molar-refractivity contribution in [1.82, 2.24) is 5.32 Å². The third kappa shape index (κ3) is 1.43. The summed E-state index contributed by atoms with van der Waals surface area (Å²) in [5.74, 6) is 4.25. The lowest BCUT2D eigenvalue weighted by molar-refractivity contribution is 0.748. The van der Waals surface area contributed by atoms with E-state index in [1.54, 1.807) is 6.20 Å². The summed E-state index contributed by atoms with van der Waals surface area (Å²) in [5, 5.41) is 3.24. The lowest BCUT2D eigenvalue weighted by Gasteiger charge is -2.07. The van der Waals surface area contributed by atoms with Gasteiger partial charge in [-0.1, -0.05) is 13.8 Å². The molecule has 2 aliphatic heterocycles. The van der Waals surface area contributed by atoms with Gasteiger partial charge in [-0.2, -0.15) is 0 Å². The summed E-state index contributed by atoms with van der Waals surface area (Å²) in [7, 11) is 0. The highest BCUT2D eigenvalue weighted by Crippen LogP contribution is 2.23. The minimum Gasteiger partial charge on any atom is -0.369 e. The molecule has 0 amide bonds. The Morgan fingerprint density at radius 3 is 3.15 bits per heavy atom. The lowest BCUT2D eigenvalue weighted by atomic mass is 10.0. The Balaban J connectivity index is 2.49. The standard InChI is InChI=1S/C10H13N3/c1-7(2)9-8-3-4-12-10(8)13-6-5-11-9/h6-7H,3-4H2,1-2H3,(H,12,13). The first-order valence-electron chi connectivity index (χ1n) is 4.62. The molecule has 2 rings (SSSR count). The zero-order valence-electron chi connectivity index (χ0n) is 7.96. The van der Waals surface area contributed by atoms with E-state index in [-0.39, 0.29) is 0 Å². The number of nitrogens with zero attached hydrogens (tertiary/aromatic N) is 2. The molecule has 0 atom stereocenters. The normalized spacial score (nSPS) is 20.1. The number of fused-ring (bicyclic) bond motifs is 1. The van der Waals surface area contributed by atoms with E-state index in [1.807, 2.05) is 0 Å². The van der Waals surface area contributed by atoms with Gasteiger partial charge in [-0.3, -0.25) is 0 Å². The molecule has 1 saturated heterocycles. The molecular weight excluding hydrogens is 162 g/mol. The molecule has 13 heavy (non-hydrogen) atoms. The Labute approximate surface area is 78.0 Å². The van der Waals surface area contributed by atoms with Crippen LogP contribution in [-0.2, 0) is 0 Å². The second-order valence-corrected chi connectivity index (χ2v) is 3.54. The molecule has 0 aromatic heterocycles. The molecule has 0 unspecified atom stereocenters. The van der Waals surface area contributed by atoms with E-state index in [1.165, 1.54) is 5.57 Å². The smallest absolute Gasteiger partial charge is 0.131 e. The van der Waals surface area contributed by atoms with Crippen molar-refractivity contribution < 1.29 is 0 Å². The number of aliphatic imine (C=N–C) groups is 2. The van der Waals surface area contributed by atoms with Gasteiger partial charge in [0.25, 0.3) is 0 Å². The Bertz CT molecular complexity index is 341. The molecular formula is C10H13N3. The van der Waals surface area contributed by atoms with Gasteiger partial charge in [0.2, 0.25) is 0 Å². The van der Waals surface area contributed by atoms with E-state index in [9.17, 15) is 0 Å². The van der Waals surface area contributed by atoms with E-state index < -0.39 is 0 Å². The molecule has 0 saturated carbocycles. The number of amidine groups is 1. The Kier molecular flexibility index (Phi) is 2.03. The summed E-state index contributed by atoms with van der Waals surface area (Å²) in [5.41, 5.74) is 2.38. The highest BCUT2D eigenvalue weighted by atomic mass is 15.0. The molecule has 3 heteroatoms. The first-order chi connectivity index (χ1) is 6.29. The van der Waals surface area contributed by atoms with Gasteiger partial charge in [-0.25, -0.2) is 9.98 Å². The minimum atomic E-state index is 0.444. The maximum atomic E-state index is 4.28. The van der Waals surface area contributed by atoms with Crippen LogP contribution < -0.4 is 5.32 Å². The molecule has 3 nitrogen and oxygen atoms in total. The molecule has 0 aromatic carbocycles. The summed E-state index contributed by atoms with van der Waals surface area (Å²) in [4.78, 5) is 8.52. The van der Waals surface area contributed by atoms with Crippen LogP contribution in [0.15, 0.2) is 27.5 Å². The average Bonchev–Trinajstić information content (AvgIpc) is 2.44. The monoisotopic (exact) mass is 175 g/mol. The van der Waals surface area contributed by atoms with Crippen LogP contribution in [0.25, 0.3) is 0 Å². The zero-order valence-corrected chi connectivity index (χ0v) is 7.96. The molecule has 0 radical (unpaired) electrons. The fourth-order valence-electron chi connectivity index (χ4n) is 1.64. The van der Waals surface area contributed by atoms with Crippen molar-refractivity contribution in [3.05, 3.63) is 17.5 Å². The summed E-state index contributed by atoms with van der Waals surface area (Å²) in [6.45, 7) is 5.28. The van der Waals surface area contributed by atoms with E-state index in [0.717, 1.165) is 24.5 Å². The molecule has 0 spiro atoms. The fraction of sp³-hybridized carbons (Fsp3) is 0.500. The molecule has 2 aliphatic rings. The van der Waals surface area contributed by atoms with Crippen LogP contribution in [-0.4, -0.2) is 18.3 Å². The van der Waals surface area contributed by atoms with Crippen LogP contribution in [0.5, 0.6) is 0 Å². The zero-order chi connectivity index (χ0) is 9.26. The SMILES string of the molecule is CC(C)C1=C2CCNC2=NC=C=N1. The number of rotatable bonds is 1. The second kappa shape index (κ2) is 3.19. The highest BCUT2D eigenvalue weighted by molar-refractivity contribution is 6.02. The molecule has 2 heterocycles. The summed E-state index contributed by atoms with van der Waals surface area (Å²) in [6, 6.07) is 0. The Hall–Kier alpha value is -1.34. The van der Waals surface area contributed by atoms with Crippen LogP contribution in [0, 0.1) is 5.92 Å². The van der Waals surface area contributed by atoms with E-state index in [2.05, 4.69) is 35.0 Å². The lowest BCUT2D eigenvalue weighted by Crippen LogP contribution is -2.15. The van der Waals surface area contributed by atoms with Gasteiger partial charge in [-0.15, -0.1) is 0 Å². The maximum absolute atomic E-state index is 4.28. The average molecular weight is 175 g/mol. The number of nitrogens with one attached hydrogen (secondary N) is 1. The highest BCUT2D eigenvalue weighted by Gasteiger charge is 2.20. The summed E-state index contributed by atoms with van der Waals surface area (Å²) in [6.07, 6.45) is 2.66. The number of hydrogen-bond acceptors (Lipinski definition) is 3. The van der Waals surface area contributed by atoms with Gasteiger partial charge in [0, 0.05) is 18.0 Å². The van der Waals surface area contributed by atoms with Crippen molar-refractivity contribution in [1.29, 1.82) is 0 Å². The van der Waals surface area contributed by atoms with Gasteiger partial charge in [0.1, 0.15) is 5.84 Å². The molecule has 0 aliphatic carbocycles. The van der Waals surface area contributed by atoms with E-state index in [4.69, 9.17) is 0 Å². The topological polar surface area (TPSA) is 36.8 Å². The third-order valence-electron chi connectivity index (χ3n) is 2.25. The fourth-order valence-corrected chi connectivity index (χ4v) is 1.64. The molecule has 68 valence electrons. The van der Waals surface area contributed by atoms with Gasteiger partial charge in [-0.05, 0) is 12.3 Å². The Morgan fingerprint density at radius 2 is 2.38 bits per heavy atom. The number of hydrogen-bond donors (Lipinski definition) is 1. The first-order valence-corrected chi connectivity index (χ1v) is 4.62. The Morgan fingerprint density at radius 1 is 1.54 bits per heavy atom. The van der Waals surface area contributed by atoms with Crippen molar-refractivity contribution in [3.8, 4) is 0 Å². The van der Waals surface area contributed by atoms with E-state index >= 15 is 0 Å². The van der Waals surface area contributed by atoms with E-state index in [0.29, 0.717) is 5.92 Å². The predicted octanol–water partition coefficient (Wildman–Crippen LogP) is 1.49. The van der Waals surface area contributed by atoms with Crippen LogP contribution in [0.4, 0.5) is 0 Å².